The Balaban J connectivity index is 1.79. The average Bonchev–Trinajstić information content (AvgIpc) is 3.01. The van der Waals surface area contributed by atoms with Gasteiger partial charge in [0.15, 0.2) is 0 Å². The zero-order chi connectivity index (χ0) is 16.8. The molecule has 1 aliphatic heterocycles. The van der Waals surface area contributed by atoms with E-state index in [-0.39, 0.29) is 18.0 Å². The van der Waals surface area contributed by atoms with E-state index in [2.05, 4.69) is 5.32 Å². The maximum atomic E-state index is 12.3. The molecule has 0 bridgehead atoms. The fourth-order valence-electron chi connectivity index (χ4n) is 2.94. The van der Waals surface area contributed by atoms with Crippen molar-refractivity contribution in [3.05, 3.63) is 24.2 Å². The SMILES string of the molecule is CN(C)[C@@H](CNC(=O)N1CCC(CC(N)=O)CC1)c1ccco1. The predicted molar refractivity (Wildman–Crippen MR) is 86.6 cm³/mol. The molecule has 3 amide bonds. The summed E-state index contributed by atoms with van der Waals surface area (Å²) >= 11 is 0. The Hall–Kier alpha value is -2.02. The zero-order valence-electron chi connectivity index (χ0n) is 13.8. The zero-order valence-corrected chi connectivity index (χ0v) is 13.8. The Morgan fingerprint density at radius 1 is 1.43 bits per heavy atom. The Kier molecular flexibility index (Phi) is 6.04. The van der Waals surface area contributed by atoms with Crippen LogP contribution in [-0.4, -0.2) is 55.5 Å². The van der Waals surface area contributed by atoms with Crippen LogP contribution >= 0.6 is 0 Å². The van der Waals surface area contributed by atoms with Crippen molar-refractivity contribution < 1.29 is 14.0 Å². The van der Waals surface area contributed by atoms with E-state index < -0.39 is 0 Å². The number of piperidine rings is 1. The highest BCUT2D eigenvalue weighted by molar-refractivity contribution is 5.75. The minimum atomic E-state index is -0.264. The first kappa shape index (κ1) is 17.3. The number of carbonyl (C=O) groups excluding carboxylic acids is 2. The molecule has 1 aliphatic rings. The summed E-state index contributed by atoms with van der Waals surface area (Å²) < 4.78 is 5.44. The molecule has 128 valence electrons. The number of carbonyl (C=O) groups is 2. The van der Waals surface area contributed by atoms with Gasteiger partial charge < -0.3 is 20.4 Å². The number of likely N-dealkylation sites (N-methyl/N-ethyl adjacent to an activating group) is 1. The molecule has 7 heteroatoms. The fourth-order valence-corrected chi connectivity index (χ4v) is 2.94. The minimum absolute atomic E-state index is 0.00125. The van der Waals surface area contributed by atoms with Crippen LogP contribution in [0.4, 0.5) is 4.79 Å². The summed E-state index contributed by atoms with van der Waals surface area (Å²) in [5.74, 6) is 0.866. The summed E-state index contributed by atoms with van der Waals surface area (Å²) in [6.45, 7) is 1.81. The smallest absolute Gasteiger partial charge is 0.317 e. The van der Waals surface area contributed by atoms with Gasteiger partial charge in [-0.15, -0.1) is 0 Å². The van der Waals surface area contributed by atoms with Crippen LogP contribution in [0.2, 0.25) is 0 Å². The van der Waals surface area contributed by atoms with Crippen molar-refractivity contribution in [2.24, 2.45) is 11.7 Å². The molecule has 3 N–H and O–H groups in total. The Morgan fingerprint density at radius 3 is 2.65 bits per heavy atom. The van der Waals surface area contributed by atoms with Crippen LogP contribution < -0.4 is 11.1 Å². The molecular formula is C16H26N4O3. The standard InChI is InChI=1S/C16H26N4O3/c1-19(2)13(14-4-3-9-23-14)11-18-16(22)20-7-5-12(6-8-20)10-15(17)21/h3-4,9,12-13H,5-8,10-11H2,1-2H3,(H2,17,21)(H,18,22)/t13-/m0/s1. The molecule has 23 heavy (non-hydrogen) atoms. The molecule has 0 unspecified atom stereocenters. The molecule has 1 atom stereocenters. The summed E-state index contributed by atoms with van der Waals surface area (Å²) in [5, 5.41) is 2.97. The molecular weight excluding hydrogens is 296 g/mol. The number of nitrogens with zero attached hydrogens (tertiary/aromatic N) is 2. The molecule has 7 nitrogen and oxygen atoms in total. The Bertz CT molecular complexity index is 507. The van der Waals surface area contributed by atoms with E-state index in [9.17, 15) is 9.59 Å². The monoisotopic (exact) mass is 322 g/mol. The maximum absolute atomic E-state index is 12.3. The molecule has 2 heterocycles. The molecule has 0 saturated carbocycles. The third kappa shape index (κ3) is 4.99. The van der Waals surface area contributed by atoms with Crippen LogP contribution in [0.5, 0.6) is 0 Å². The number of likely N-dealkylation sites (tertiary alicyclic amines) is 1. The molecule has 0 radical (unpaired) electrons. The van der Waals surface area contributed by atoms with Crippen molar-refractivity contribution in [3.63, 3.8) is 0 Å². The lowest BCUT2D eigenvalue weighted by atomic mass is 9.93. The number of amides is 3. The van der Waals surface area contributed by atoms with Crippen LogP contribution in [0.25, 0.3) is 0 Å². The largest absolute Gasteiger partial charge is 0.468 e. The van der Waals surface area contributed by atoms with Crippen LogP contribution in [0.15, 0.2) is 22.8 Å². The number of hydrogen-bond donors (Lipinski definition) is 2. The van der Waals surface area contributed by atoms with Crippen molar-refractivity contribution in [1.82, 2.24) is 15.1 Å². The molecule has 2 rings (SSSR count). The van der Waals surface area contributed by atoms with Gasteiger partial charge in [-0.2, -0.15) is 0 Å². The molecule has 1 aromatic rings. The van der Waals surface area contributed by atoms with Gasteiger partial charge in [-0.3, -0.25) is 9.69 Å². The second-order valence-electron chi connectivity index (χ2n) is 6.28. The van der Waals surface area contributed by atoms with E-state index in [1.807, 2.05) is 31.1 Å². The number of urea groups is 1. The van der Waals surface area contributed by atoms with Crippen LogP contribution in [0.1, 0.15) is 31.1 Å². The second kappa shape index (κ2) is 8.01. The first-order chi connectivity index (χ1) is 11.0. The van der Waals surface area contributed by atoms with Gasteiger partial charge in [-0.1, -0.05) is 0 Å². The lowest BCUT2D eigenvalue weighted by Gasteiger charge is -2.32. The lowest BCUT2D eigenvalue weighted by Crippen LogP contribution is -2.46. The number of hydrogen-bond acceptors (Lipinski definition) is 4. The van der Waals surface area contributed by atoms with Gasteiger partial charge in [-0.05, 0) is 45.0 Å². The van der Waals surface area contributed by atoms with Crippen molar-refractivity contribution in [3.8, 4) is 0 Å². The molecule has 0 spiro atoms. The van der Waals surface area contributed by atoms with Gasteiger partial charge in [-0.25, -0.2) is 4.79 Å². The molecule has 1 saturated heterocycles. The molecule has 1 aromatic heterocycles. The van der Waals surface area contributed by atoms with Crippen LogP contribution in [-0.2, 0) is 4.79 Å². The molecule has 0 aromatic carbocycles. The predicted octanol–water partition coefficient (Wildman–Crippen LogP) is 1.18. The first-order valence-electron chi connectivity index (χ1n) is 7.98. The number of nitrogens with two attached hydrogens (primary N) is 1. The van der Waals surface area contributed by atoms with E-state index in [4.69, 9.17) is 10.2 Å². The molecule has 0 aliphatic carbocycles. The molecule has 1 fully saturated rings. The third-order valence-electron chi connectivity index (χ3n) is 4.33. The second-order valence-corrected chi connectivity index (χ2v) is 6.28. The van der Waals surface area contributed by atoms with E-state index >= 15 is 0 Å². The van der Waals surface area contributed by atoms with Crippen molar-refractivity contribution >= 4 is 11.9 Å². The summed E-state index contributed by atoms with van der Waals surface area (Å²) in [7, 11) is 3.91. The highest BCUT2D eigenvalue weighted by Gasteiger charge is 2.25. The van der Waals surface area contributed by atoms with Gasteiger partial charge in [0.1, 0.15) is 5.76 Å². The minimum Gasteiger partial charge on any atom is -0.468 e. The fraction of sp³-hybridized carbons (Fsp3) is 0.625. The lowest BCUT2D eigenvalue weighted by molar-refractivity contribution is -0.119. The van der Waals surface area contributed by atoms with Crippen LogP contribution in [0.3, 0.4) is 0 Å². The third-order valence-corrected chi connectivity index (χ3v) is 4.33. The van der Waals surface area contributed by atoms with Crippen molar-refractivity contribution in [1.29, 1.82) is 0 Å². The van der Waals surface area contributed by atoms with E-state index in [0.29, 0.717) is 32.0 Å². The Morgan fingerprint density at radius 2 is 2.13 bits per heavy atom. The number of nitrogens with one attached hydrogen (secondary N) is 1. The van der Waals surface area contributed by atoms with E-state index in [0.717, 1.165) is 18.6 Å². The van der Waals surface area contributed by atoms with Gasteiger partial charge >= 0.3 is 6.03 Å². The summed E-state index contributed by atoms with van der Waals surface area (Å²) in [4.78, 5) is 27.1. The van der Waals surface area contributed by atoms with E-state index in [1.165, 1.54) is 0 Å². The normalized spacial score (nSPS) is 17.3. The summed E-state index contributed by atoms with van der Waals surface area (Å²) in [6.07, 6.45) is 3.70. The van der Waals surface area contributed by atoms with Gasteiger partial charge in [0, 0.05) is 26.1 Å². The number of furan rings is 1. The summed E-state index contributed by atoms with van der Waals surface area (Å²) in [6, 6.07) is 3.69. The number of rotatable bonds is 6. The van der Waals surface area contributed by atoms with Gasteiger partial charge in [0.2, 0.25) is 5.91 Å². The highest BCUT2D eigenvalue weighted by Crippen LogP contribution is 2.21. The highest BCUT2D eigenvalue weighted by atomic mass is 16.3. The average molecular weight is 322 g/mol. The van der Waals surface area contributed by atoms with Crippen molar-refractivity contribution in [2.45, 2.75) is 25.3 Å². The van der Waals surface area contributed by atoms with Crippen molar-refractivity contribution in [2.75, 3.05) is 33.7 Å². The van der Waals surface area contributed by atoms with Gasteiger partial charge in [0.25, 0.3) is 0 Å². The number of primary amides is 1. The first-order valence-corrected chi connectivity index (χ1v) is 7.98. The Labute approximate surface area is 136 Å². The summed E-state index contributed by atoms with van der Waals surface area (Å²) in [5.41, 5.74) is 5.23. The quantitative estimate of drug-likeness (QED) is 0.822. The van der Waals surface area contributed by atoms with Crippen LogP contribution in [0, 0.1) is 5.92 Å². The van der Waals surface area contributed by atoms with E-state index in [1.54, 1.807) is 11.2 Å². The van der Waals surface area contributed by atoms with Gasteiger partial charge in [0.05, 0.1) is 12.3 Å². The topological polar surface area (TPSA) is 91.8 Å². The maximum Gasteiger partial charge on any atom is 0.317 e.